The molecule has 0 aliphatic carbocycles. The lowest BCUT2D eigenvalue weighted by Gasteiger charge is -2.36. The molecule has 2 unspecified atom stereocenters. The first kappa shape index (κ1) is 14.5. The summed E-state index contributed by atoms with van der Waals surface area (Å²) in [5.74, 6) is -0.540. The average Bonchev–Trinajstić information content (AvgIpc) is 2.74. The van der Waals surface area contributed by atoms with Crippen molar-refractivity contribution < 1.29 is 22.3 Å². The molecular weight excluding hydrogens is 297 g/mol. The number of sulfone groups is 1. The van der Waals surface area contributed by atoms with Gasteiger partial charge >= 0.3 is 0 Å². The Morgan fingerprint density at radius 1 is 1.29 bits per heavy atom. The van der Waals surface area contributed by atoms with Gasteiger partial charge in [-0.1, -0.05) is 12.1 Å². The number of hydrogen-bond donors (Lipinski definition) is 0. The quantitative estimate of drug-likeness (QED) is 0.792. The van der Waals surface area contributed by atoms with Gasteiger partial charge in [0, 0.05) is 6.54 Å². The van der Waals surface area contributed by atoms with Gasteiger partial charge in [-0.25, -0.2) is 12.8 Å². The summed E-state index contributed by atoms with van der Waals surface area (Å²) < 4.78 is 41.7. The van der Waals surface area contributed by atoms with Gasteiger partial charge in [0.1, 0.15) is 5.82 Å². The number of hydrogen-bond acceptors (Lipinski definition) is 4. The summed E-state index contributed by atoms with van der Waals surface area (Å²) in [5, 5.41) is 0. The maximum Gasteiger partial charge on any atom is 0.227 e. The normalized spacial score (nSPS) is 27.4. The minimum Gasteiger partial charge on any atom is -0.373 e. The molecule has 2 aliphatic rings. The van der Waals surface area contributed by atoms with Gasteiger partial charge in [-0.2, -0.15) is 0 Å². The zero-order valence-electron chi connectivity index (χ0n) is 11.4. The predicted octanol–water partition coefficient (Wildman–Crippen LogP) is 0.393. The van der Waals surface area contributed by atoms with Crippen molar-refractivity contribution in [1.29, 1.82) is 0 Å². The molecule has 0 spiro atoms. The molecule has 5 nitrogen and oxygen atoms in total. The molecule has 114 valence electrons. The van der Waals surface area contributed by atoms with Crippen LogP contribution in [0.15, 0.2) is 24.3 Å². The van der Waals surface area contributed by atoms with E-state index in [0.717, 1.165) is 0 Å². The molecule has 0 radical (unpaired) electrons. The first-order valence-electron chi connectivity index (χ1n) is 6.80. The van der Waals surface area contributed by atoms with Crippen molar-refractivity contribution >= 4 is 15.7 Å². The SMILES string of the molecule is O=C(Cc1ccc(F)cc1)N1CCOC2CS(=O)(=O)CC21. The van der Waals surface area contributed by atoms with E-state index in [1.807, 2.05) is 0 Å². The van der Waals surface area contributed by atoms with Crippen LogP contribution in [0.2, 0.25) is 0 Å². The molecule has 1 amide bonds. The molecule has 2 aliphatic heterocycles. The topological polar surface area (TPSA) is 63.7 Å². The van der Waals surface area contributed by atoms with Crippen LogP contribution < -0.4 is 0 Å². The van der Waals surface area contributed by atoms with E-state index in [2.05, 4.69) is 0 Å². The van der Waals surface area contributed by atoms with Crippen LogP contribution in [-0.4, -0.2) is 56.0 Å². The minimum atomic E-state index is -3.14. The smallest absolute Gasteiger partial charge is 0.227 e. The first-order chi connectivity index (χ1) is 9.94. The Morgan fingerprint density at radius 3 is 2.71 bits per heavy atom. The highest BCUT2D eigenvalue weighted by atomic mass is 32.2. The summed E-state index contributed by atoms with van der Waals surface area (Å²) in [4.78, 5) is 14.0. The Labute approximate surface area is 122 Å². The van der Waals surface area contributed by atoms with Gasteiger partial charge in [-0.3, -0.25) is 4.79 Å². The number of morpholine rings is 1. The van der Waals surface area contributed by atoms with E-state index in [1.165, 1.54) is 12.1 Å². The van der Waals surface area contributed by atoms with E-state index in [-0.39, 0.29) is 29.7 Å². The number of carbonyl (C=O) groups excluding carboxylic acids is 1. The van der Waals surface area contributed by atoms with Crippen molar-refractivity contribution in [3.05, 3.63) is 35.6 Å². The van der Waals surface area contributed by atoms with Crippen molar-refractivity contribution in [2.45, 2.75) is 18.6 Å². The average molecular weight is 313 g/mol. The summed E-state index contributed by atoms with van der Waals surface area (Å²) in [7, 11) is -3.14. The zero-order chi connectivity index (χ0) is 15.0. The van der Waals surface area contributed by atoms with Gasteiger partial charge in [-0.15, -0.1) is 0 Å². The van der Waals surface area contributed by atoms with Crippen LogP contribution in [0.5, 0.6) is 0 Å². The van der Waals surface area contributed by atoms with Crippen LogP contribution in [0.25, 0.3) is 0 Å². The Hall–Kier alpha value is -1.47. The van der Waals surface area contributed by atoms with Crippen molar-refractivity contribution in [3.63, 3.8) is 0 Å². The number of ether oxygens (including phenoxy) is 1. The molecule has 0 aromatic heterocycles. The maximum absolute atomic E-state index is 12.9. The first-order valence-corrected chi connectivity index (χ1v) is 8.63. The lowest BCUT2D eigenvalue weighted by molar-refractivity contribution is -0.142. The molecule has 2 fully saturated rings. The van der Waals surface area contributed by atoms with E-state index in [9.17, 15) is 17.6 Å². The Bertz CT molecular complexity index is 643. The molecule has 0 saturated carbocycles. The number of nitrogens with zero attached hydrogens (tertiary/aromatic N) is 1. The van der Waals surface area contributed by atoms with Crippen LogP contribution >= 0.6 is 0 Å². The van der Waals surface area contributed by atoms with Gasteiger partial charge < -0.3 is 9.64 Å². The summed E-state index contributed by atoms with van der Waals surface area (Å²) in [6.07, 6.45) is -0.273. The number of rotatable bonds is 2. The Kier molecular flexibility index (Phi) is 3.71. The summed E-state index contributed by atoms with van der Waals surface area (Å²) in [5.41, 5.74) is 0.713. The molecule has 1 aromatic rings. The van der Waals surface area contributed by atoms with Crippen molar-refractivity contribution in [1.82, 2.24) is 4.90 Å². The van der Waals surface area contributed by atoms with Crippen molar-refractivity contribution in [3.8, 4) is 0 Å². The van der Waals surface area contributed by atoms with Crippen molar-refractivity contribution in [2.75, 3.05) is 24.7 Å². The third-order valence-corrected chi connectivity index (χ3v) is 5.61. The molecule has 3 rings (SSSR count). The molecule has 1 aromatic carbocycles. The van der Waals surface area contributed by atoms with E-state index in [1.54, 1.807) is 17.0 Å². The molecule has 7 heteroatoms. The van der Waals surface area contributed by atoms with Gasteiger partial charge in [-0.05, 0) is 17.7 Å². The molecular formula is C14H16FNO4S. The number of amides is 1. The van der Waals surface area contributed by atoms with E-state index < -0.39 is 22.0 Å². The van der Waals surface area contributed by atoms with E-state index in [4.69, 9.17) is 4.74 Å². The predicted molar refractivity (Wildman–Crippen MR) is 74.0 cm³/mol. The summed E-state index contributed by atoms with van der Waals surface area (Å²) in [6, 6.07) is 5.36. The molecule has 0 N–H and O–H groups in total. The second kappa shape index (κ2) is 5.38. The summed E-state index contributed by atoms with van der Waals surface area (Å²) >= 11 is 0. The highest BCUT2D eigenvalue weighted by Crippen LogP contribution is 2.25. The lowest BCUT2D eigenvalue weighted by Crippen LogP contribution is -2.53. The molecule has 2 heterocycles. The number of fused-ring (bicyclic) bond motifs is 1. The monoisotopic (exact) mass is 313 g/mol. The molecule has 0 bridgehead atoms. The zero-order valence-corrected chi connectivity index (χ0v) is 12.2. The second-order valence-corrected chi connectivity index (χ2v) is 7.60. The van der Waals surface area contributed by atoms with Gasteiger partial charge in [0.2, 0.25) is 5.91 Å². The lowest BCUT2D eigenvalue weighted by atomic mass is 10.1. The van der Waals surface area contributed by atoms with Crippen LogP contribution in [0.1, 0.15) is 5.56 Å². The van der Waals surface area contributed by atoms with Gasteiger partial charge in [0.05, 0.1) is 36.7 Å². The fourth-order valence-corrected chi connectivity index (χ4v) is 4.77. The van der Waals surface area contributed by atoms with Crippen LogP contribution in [0, 0.1) is 5.82 Å². The summed E-state index contributed by atoms with van der Waals surface area (Å²) in [6.45, 7) is 0.753. The van der Waals surface area contributed by atoms with Gasteiger partial charge in [0.15, 0.2) is 9.84 Å². The fourth-order valence-electron chi connectivity index (χ4n) is 2.90. The van der Waals surface area contributed by atoms with Crippen molar-refractivity contribution in [2.24, 2.45) is 0 Å². The Balaban J connectivity index is 1.73. The number of benzene rings is 1. The molecule has 2 saturated heterocycles. The molecule has 21 heavy (non-hydrogen) atoms. The number of halogens is 1. The maximum atomic E-state index is 12.9. The largest absolute Gasteiger partial charge is 0.373 e. The highest BCUT2D eigenvalue weighted by molar-refractivity contribution is 7.91. The highest BCUT2D eigenvalue weighted by Gasteiger charge is 2.45. The number of carbonyl (C=O) groups is 1. The van der Waals surface area contributed by atoms with Gasteiger partial charge in [0.25, 0.3) is 0 Å². The third-order valence-electron chi connectivity index (χ3n) is 3.93. The Morgan fingerprint density at radius 2 is 2.00 bits per heavy atom. The standard InChI is InChI=1S/C14H16FNO4S/c15-11-3-1-10(2-4-11)7-14(17)16-5-6-20-13-9-21(18,19)8-12(13)16/h1-4,12-13H,5-9H2. The van der Waals surface area contributed by atoms with E-state index >= 15 is 0 Å². The fraction of sp³-hybridized carbons (Fsp3) is 0.500. The van der Waals surface area contributed by atoms with Crippen LogP contribution in [0.4, 0.5) is 4.39 Å². The van der Waals surface area contributed by atoms with Crippen LogP contribution in [-0.2, 0) is 25.8 Å². The van der Waals surface area contributed by atoms with Crippen LogP contribution in [0.3, 0.4) is 0 Å². The second-order valence-electron chi connectivity index (χ2n) is 5.44. The van der Waals surface area contributed by atoms with E-state index in [0.29, 0.717) is 18.7 Å². The minimum absolute atomic E-state index is 0.0159. The molecule has 2 atom stereocenters. The third kappa shape index (κ3) is 3.08.